The molecule has 0 saturated carbocycles. The highest BCUT2D eigenvalue weighted by molar-refractivity contribution is 7.90. The second-order valence-corrected chi connectivity index (χ2v) is 9.90. The van der Waals surface area contributed by atoms with Gasteiger partial charge in [-0.15, -0.1) is 0 Å². The van der Waals surface area contributed by atoms with Crippen molar-refractivity contribution in [2.45, 2.75) is 10.9 Å². The van der Waals surface area contributed by atoms with Crippen molar-refractivity contribution in [3.8, 4) is 11.1 Å². The van der Waals surface area contributed by atoms with Crippen LogP contribution in [0.1, 0.15) is 16.4 Å². The van der Waals surface area contributed by atoms with Crippen LogP contribution in [0.4, 0.5) is 0 Å². The molecule has 156 valence electrons. The Balaban J connectivity index is 1.41. The standard InChI is InChI=1S/C24H21N3O3S/c1-31(29,30)21-9-6-17(7-10-21)22-5-2-4-18-14-19(8-11-23(18)22)24(28)26-15-20(16-26)27-13-3-12-25-27/h2-14,20H,15-16H2,1H3. The first kappa shape index (κ1) is 19.5. The Kier molecular flexibility index (Phi) is 4.63. The average molecular weight is 432 g/mol. The van der Waals surface area contributed by atoms with Gasteiger partial charge in [0, 0.05) is 37.3 Å². The first-order valence-corrected chi connectivity index (χ1v) is 11.9. The minimum Gasteiger partial charge on any atom is -0.334 e. The van der Waals surface area contributed by atoms with Crippen molar-refractivity contribution in [2.24, 2.45) is 0 Å². The van der Waals surface area contributed by atoms with E-state index in [1.807, 2.05) is 70.4 Å². The van der Waals surface area contributed by atoms with Crippen molar-refractivity contribution in [3.63, 3.8) is 0 Å². The van der Waals surface area contributed by atoms with Crippen molar-refractivity contribution in [2.75, 3.05) is 19.3 Å². The number of sulfone groups is 1. The van der Waals surface area contributed by atoms with Gasteiger partial charge in [0.25, 0.3) is 5.91 Å². The van der Waals surface area contributed by atoms with Gasteiger partial charge in [0.15, 0.2) is 9.84 Å². The van der Waals surface area contributed by atoms with Crippen molar-refractivity contribution in [3.05, 3.63) is 84.7 Å². The number of hydrogen-bond donors (Lipinski definition) is 0. The monoisotopic (exact) mass is 431 g/mol. The molecule has 0 atom stereocenters. The average Bonchev–Trinajstić information content (AvgIpc) is 3.25. The fourth-order valence-corrected chi connectivity index (χ4v) is 4.65. The molecular formula is C24H21N3O3S. The van der Waals surface area contributed by atoms with Crippen LogP contribution in [-0.4, -0.2) is 48.4 Å². The largest absolute Gasteiger partial charge is 0.334 e. The van der Waals surface area contributed by atoms with Gasteiger partial charge in [0.1, 0.15) is 0 Å². The molecule has 1 amide bonds. The van der Waals surface area contributed by atoms with Gasteiger partial charge >= 0.3 is 0 Å². The molecule has 31 heavy (non-hydrogen) atoms. The number of nitrogens with zero attached hydrogens (tertiary/aromatic N) is 3. The molecule has 4 aromatic rings. The SMILES string of the molecule is CS(=O)(=O)c1ccc(-c2cccc3cc(C(=O)N4CC(n5cccn5)C4)ccc23)cc1. The van der Waals surface area contributed by atoms with Gasteiger partial charge < -0.3 is 4.90 Å². The number of carbonyl (C=O) groups is 1. The fraction of sp³-hybridized carbons (Fsp3) is 0.167. The summed E-state index contributed by atoms with van der Waals surface area (Å²) in [6, 6.07) is 20.7. The Bertz CT molecular complexity index is 1370. The number of likely N-dealkylation sites (tertiary alicyclic amines) is 1. The van der Waals surface area contributed by atoms with Gasteiger partial charge in [0.05, 0.1) is 10.9 Å². The molecule has 6 nitrogen and oxygen atoms in total. The lowest BCUT2D eigenvalue weighted by Gasteiger charge is -2.39. The molecule has 2 heterocycles. The number of aromatic nitrogens is 2. The zero-order chi connectivity index (χ0) is 21.6. The van der Waals surface area contributed by atoms with Crippen molar-refractivity contribution in [1.82, 2.24) is 14.7 Å². The predicted molar refractivity (Wildman–Crippen MR) is 120 cm³/mol. The van der Waals surface area contributed by atoms with Crippen LogP contribution >= 0.6 is 0 Å². The van der Waals surface area contributed by atoms with E-state index in [0.29, 0.717) is 23.5 Å². The summed E-state index contributed by atoms with van der Waals surface area (Å²) in [5.74, 6) is 0.0215. The third-order valence-corrected chi connectivity index (χ3v) is 6.90. The second kappa shape index (κ2) is 7.35. The molecule has 1 aromatic heterocycles. The van der Waals surface area contributed by atoms with Gasteiger partial charge in [-0.05, 0) is 52.2 Å². The third kappa shape index (κ3) is 3.61. The predicted octanol–water partition coefficient (Wildman–Crippen LogP) is 3.80. The lowest BCUT2D eigenvalue weighted by atomic mass is 9.96. The maximum absolute atomic E-state index is 12.9. The van der Waals surface area contributed by atoms with E-state index < -0.39 is 9.84 Å². The van der Waals surface area contributed by atoms with Crippen molar-refractivity contribution >= 4 is 26.5 Å². The summed E-state index contributed by atoms with van der Waals surface area (Å²) in [6.45, 7) is 1.32. The highest BCUT2D eigenvalue weighted by Crippen LogP contribution is 2.31. The van der Waals surface area contributed by atoms with Crippen molar-refractivity contribution < 1.29 is 13.2 Å². The molecule has 5 rings (SSSR count). The minimum atomic E-state index is -3.23. The molecule has 0 aliphatic carbocycles. The van der Waals surface area contributed by atoms with Crippen LogP contribution in [-0.2, 0) is 9.84 Å². The molecule has 3 aromatic carbocycles. The quantitative estimate of drug-likeness (QED) is 0.493. The number of amides is 1. The van der Waals surface area contributed by atoms with E-state index in [4.69, 9.17) is 0 Å². The summed E-state index contributed by atoms with van der Waals surface area (Å²) >= 11 is 0. The van der Waals surface area contributed by atoms with E-state index >= 15 is 0 Å². The fourth-order valence-electron chi connectivity index (χ4n) is 4.02. The van der Waals surface area contributed by atoms with E-state index in [1.165, 1.54) is 6.26 Å². The van der Waals surface area contributed by atoms with E-state index in [1.54, 1.807) is 18.3 Å². The third-order valence-electron chi connectivity index (χ3n) is 5.77. The molecule has 1 fully saturated rings. The van der Waals surface area contributed by atoms with Crippen molar-refractivity contribution in [1.29, 1.82) is 0 Å². The Hall–Kier alpha value is -3.45. The molecular weight excluding hydrogens is 410 g/mol. The highest BCUT2D eigenvalue weighted by atomic mass is 32.2. The van der Waals surface area contributed by atoms with Gasteiger partial charge in [-0.1, -0.05) is 36.4 Å². The summed E-state index contributed by atoms with van der Waals surface area (Å²) in [4.78, 5) is 15.0. The zero-order valence-corrected chi connectivity index (χ0v) is 17.8. The number of carbonyl (C=O) groups excluding carboxylic acids is 1. The zero-order valence-electron chi connectivity index (χ0n) is 17.0. The van der Waals surface area contributed by atoms with Crippen LogP contribution in [0.2, 0.25) is 0 Å². The maximum atomic E-state index is 12.9. The van der Waals surface area contributed by atoms with E-state index in [0.717, 1.165) is 21.9 Å². The van der Waals surface area contributed by atoms with Crippen LogP contribution < -0.4 is 0 Å². The molecule has 1 aliphatic heterocycles. The molecule has 0 unspecified atom stereocenters. The molecule has 0 bridgehead atoms. The molecule has 0 radical (unpaired) electrons. The smallest absolute Gasteiger partial charge is 0.254 e. The molecule has 7 heteroatoms. The number of benzene rings is 3. The Morgan fingerprint density at radius 2 is 1.77 bits per heavy atom. The van der Waals surface area contributed by atoms with E-state index in [-0.39, 0.29) is 11.9 Å². The van der Waals surface area contributed by atoms with Gasteiger partial charge in [0.2, 0.25) is 0 Å². The lowest BCUT2D eigenvalue weighted by molar-refractivity contribution is 0.0502. The number of hydrogen-bond acceptors (Lipinski definition) is 4. The number of rotatable bonds is 4. The Morgan fingerprint density at radius 1 is 1.00 bits per heavy atom. The summed E-state index contributed by atoms with van der Waals surface area (Å²) in [7, 11) is -3.23. The summed E-state index contributed by atoms with van der Waals surface area (Å²) in [6.07, 6.45) is 4.88. The topological polar surface area (TPSA) is 72.3 Å². The van der Waals surface area contributed by atoms with Gasteiger partial charge in [-0.2, -0.15) is 5.10 Å². The maximum Gasteiger partial charge on any atom is 0.254 e. The first-order valence-electron chi connectivity index (χ1n) is 10.0. The summed E-state index contributed by atoms with van der Waals surface area (Å²) in [5, 5.41) is 6.24. The van der Waals surface area contributed by atoms with Crippen LogP contribution in [0.3, 0.4) is 0 Å². The Labute approximate surface area is 180 Å². The van der Waals surface area contributed by atoms with Crippen LogP contribution in [0.25, 0.3) is 21.9 Å². The summed E-state index contributed by atoms with van der Waals surface area (Å²) < 4.78 is 25.3. The van der Waals surface area contributed by atoms with E-state index in [9.17, 15) is 13.2 Å². The first-order chi connectivity index (χ1) is 14.9. The van der Waals surface area contributed by atoms with Gasteiger partial charge in [-0.3, -0.25) is 9.48 Å². The Morgan fingerprint density at radius 3 is 2.45 bits per heavy atom. The minimum absolute atomic E-state index is 0.0215. The van der Waals surface area contributed by atoms with Crippen LogP contribution in [0, 0.1) is 0 Å². The normalized spacial score (nSPS) is 14.5. The molecule has 0 spiro atoms. The lowest BCUT2D eigenvalue weighted by Crippen LogP contribution is -2.50. The van der Waals surface area contributed by atoms with E-state index in [2.05, 4.69) is 5.10 Å². The second-order valence-electron chi connectivity index (χ2n) is 7.89. The summed E-state index contributed by atoms with van der Waals surface area (Å²) in [5.41, 5.74) is 2.59. The molecule has 1 saturated heterocycles. The van der Waals surface area contributed by atoms with Gasteiger partial charge in [-0.25, -0.2) is 8.42 Å². The van der Waals surface area contributed by atoms with Crippen LogP contribution in [0.15, 0.2) is 84.0 Å². The highest BCUT2D eigenvalue weighted by Gasteiger charge is 2.32. The van der Waals surface area contributed by atoms with Crippen LogP contribution in [0.5, 0.6) is 0 Å². The number of fused-ring (bicyclic) bond motifs is 1. The molecule has 0 N–H and O–H groups in total. The molecule has 1 aliphatic rings.